The molecule has 0 saturated carbocycles. The first-order valence-corrected chi connectivity index (χ1v) is 3.68. The lowest BCUT2D eigenvalue weighted by atomic mass is 9.85. The zero-order chi connectivity index (χ0) is 7.56. The second-order valence-corrected chi connectivity index (χ2v) is 2.91. The van der Waals surface area contributed by atoms with E-state index in [0.29, 0.717) is 5.92 Å². The Kier molecular flexibility index (Phi) is 2.10. The van der Waals surface area contributed by atoms with Gasteiger partial charge in [-0.15, -0.1) is 0 Å². The maximum atomic E-state index is 10.7. The highest BCUT2D eigenvalue weighted by Crippen LogP contribution is 2.23. The largest absolute Gasteiger partial charge is 0.369 e. The van der Waals surface area contributed by atoms with Gasteiger partial charge in [0.1, 0.15) is 0 Å². The van der Waals surface area contributed by atoms with Crippen LogP contribution in [0.4, 0.5) is 0 Å². The molecule has 2 heteroatoms. The van der Waals surface area contributed by atoms with Crippen molar-refractivity contribution in [1.29, 1.82) is 0 Å². The van der Waals surface area contributed by atoms with E-state index in [2.05, 4.69) is 6.92 Å². The SMILES string of the molecule is C[C@@H]1CCC=C[C@@H]1C(N)=O. The molecular weight excluding hydrogens is 126 g/mol. The minimum Gasteiger partial charge on any atom is -0.369 e. The molecule has 1 amide bonds. The van der Waals surface area contributed by atoms with Gasteiger partial charge in [-0.3, -0.25) is 4.79 Å². The van der Waals surface area contributed by atoms with E-state index in [0.717, 1.165) is 12.8 Å². The minimum atomic E-state index is -0.191. The fourth-order valence-electron chi connectivity index (χ4n) is 1.35. The Morgan fingerprint density at radius 2 is 2.40 bits per heavy atom. The van der Waals surface area contributed by atoms with Crippen LogP contribution in [0.15, 0.2) is 12.2 Å². The predicted molar refractivity (Wildman–Crippen MR) is 40.2 cm³/mol. The number of carbonyl (C=O) groups is 1. The number of amides is 1. The summed E-state index contributed by atoms with van der Waals surface area (Å²) in [6.07, 6.45) is 6.14. The van der Waals surface area contributed by atoms with Crippen LogP contribution in [0.5, 0.6) is 0 Å². The average molecular weight is 139 g/mol. The number of nitrogens with two attached hydrogens (primary N) is 1. The summed E-state index contributed by atoms with van der Waals surface area (Å²) in [5.74, 6) is 0.222. The summed E-state index contributed by atoms with van der Waals surface area (Å²) < 4.78 is 0. The minimum absolute atomic E-state index is 0.0197. The maximum Gasteiger partial charge on any atom is 0.224 e. The van der Waals surface area contributed by atoms with Crippen molar-refractivity contribution >= 4 is 5.91 Å². The number of hydrogen-bond donors (Lipinski definition) is 1. The molecule has 1 aliphatic carbocycles. The van der Waals surface area contributed by atoms with E-state index in [1.807, 2.05) is 12.2 Å². The van der Waals surface area contributed by atoms with Crippen LogP contribution in [-0.2, 0) is 4.79 Å². The third-order valence-corrected chi connectivity index (χ3v) is 2.07. The Hall–Kier alpha value is -0.790. The van der Waals surface area contributed by atoms with E-state index < -0.39 is 0 Å². The second-order valence-electron chi connectivity index (χ2n) is 2.91. The third-order valence-electron chi connectivity index (χ3n) is 2.07. The Balaban J connectivity index is 2.64. The molecule has 56 valence electrons. The van der Waals surface area contributed by atoms with Crippen LogP contribution >= 0.6 is 0 Å². The number of primary amides is 1. The van der Waals surface area contributed by atoms with Gasteiger partial charge in [0, 0.05) is 0 Å². The molecule has 0 heterocycles. The van der Waals surface area contributed by atoms with Gasteiger partial charge in [0.05, 0.1) is 5.92 Å². The van der Waals surface area contributed by atoms with Gasteiger partial charge in [0.2, 0.25) is 5.91 Å². The van der Waals surface area contributed by atoms with E-state index in [4.69, 9.17) is 5.73 Å². The Labute approximate surface area is 61.1 Å². The van der Waals surface area contributed by atoms with E-state index >= 15 is 0 Å². The molecule has 2 N–H and O–H groups in total. The standard InChI is InChI=1S/C8H13NO/c1-6-4-2-3-5-7(6)8(9)10/h3,5-7H,2,4H2,1H3,(H2,9,10)/t6-,7+/m1/s1. The average Bonchev–Trinajstić information content (AvgIpc) is 1.88. The van der Waals surface area contributed by atoms with Gasteiger partial charge in [-0.2, -0.15) is 0 Å². The van der Waals surface area contributed by atoms with Crippen molar-refractivity contribution in [3.63, 3.8) is 0 Å². The Morgan fingerprint density at radius 3 is 2.80 bits per heavy atom. The van der Waals surface area contributed by atoms with E-state index in [9.17, 15) is 4.79 Å². The molecule has 0 aliphatic heterocycles. The van der Waals surface area contributed by atoms with Crippen LogP contribution in [0.25, 0.3) is 0 Å². The molecule has 0 bridgehead atoms. The zero-order valence-electron chi connectivity index (χ0n) is 6.21. The molecule has 0 aromatic heterocycles. The fourth-order valence-corrected chi connectivity index (χ4v) is 1.35. The maximum absolute atomic E-state index is 10.7. The van der Waals surface area contributed by atoms with Crippen molar-refractivity contribution < 1.29 is 4.79 Å². The molecule has 2 atom stereocenters. The van der Waals surface area contributed by atoms with E-state index in [1.165, 1.54) is 0 Å². The van der Waals surface area contributed by atoms with Gasteiger partial charge in [0.15, 0.2) is 0 Å². The molecule has 0 saturated heterocycles. The van der Waals surface area contributed by atoms with Gasteiger partial charge in [0.25, 0.3) is 0 Å². The number of carbonyl (C=O) groups excluding carboxylic acids is 1. The quantitative estimate of drug-likeness (QED) is 0.542. The van der Waals surface area contributed by atoms with Crippen LogP contribution in [0, 0.1) is 11.8 Å². The number of rotatable bonds is 1. The normalized spacial score (nSPS) is 32.1. The highest BCUT2D eigenvalue weighted by atomic mass is 16.1. The molecule has 0 radical (unpaired) electrons. The molecule has 0 fully saturated rings. The molecule has 1 rings (SSSR count). The van der Waals surface area contributed by atoms with E-state index in [1.54, 1.807) is 0 Å². The molecule has 0 unspecified atom stereocenters. The summed E-state index contributed by atoms with van der Waals surface area (Å²) in [5.41, 5.74) is 5.17. The highest BCUT2D eigenvalue weighted by Gasteiger charge is 2.21. The van der Waals surface area contributed by atoms with E-state index in [-0.39, 0.29) is 11.8 Å². The van der Waals surface area contributed by atoms with Crippen LogP contribution < -0.4 is 5.73 Å². The van der Waals surface area contributed by atoms with Crippen molar-refractivity contribution in [3.05, 3.63) is 12.2 Å². The summed E-state index contributed by atoms with van der Waals surface area (Å²) in [4.78, 5) is 10.7. The first-order valence-electron chi connectivity index (χ1n) is 3.68. The lowest BCUT2D eigenvalue weighted by Crippen LogP contribution is -2.28. The van der Waals surface area contributed by atoms with Crippen LogP contribution in [0.1, 0.15) is 19.8 Å². The Morgan fingerprint density at radius 1 is 1.70 bits per heavy atom. The van der Waals surface area contributed by atoms with Crippen molar-refractivity contribution in [3.8, 4) is 0 Å². The van der Waals surface area contributed by atoms with Crippen molar-refractivity contribution in [2.24, 2.45) is 17.6 Å². The summed E-state index contributed by atoms with van der Waals surface area (Å²) >= 11 is 0. The lowest BCUT2D eigenvalue weighted by molar-refractivity contribution is -0.121. The summed E-state index contributed by atoms with van der Waals surface area (Å²) in [6, 6.07) is 0. The van der Waals surface area contributed by atoms with Crippen LogP contribution in [-0.4, -0.2) is 5.91 Å². The topological polar surface area (TPSA) is 43.1 Å². The molecule has 0 aromatic carbocycles. The van der Waals surface area contributed by atoms with Gasteiger partial charge in [-0.05, 0) is 18.8 Å². The molecule has 10 heavy (non-hydrogen) atoms. The summed E-state index contributed by atoms with van der Waals surface area (Å²) in [7, 11) is 0. The van der Waals surface area contributed by atoms with Gasteiger partial charge < -0.3 is 5.73 Å². The number of allylic oxidation sites excluding steroid dienone is 1. The van der Waals surface area contributed by atoms with Gasteiger partial charge in [-0.1, -0.05) is 19.1 Å². The fraction of sp³-hybridized carbons (Fsp3) is 0.625. The molecule has 0 aromatic rings. The zero-order valence-corrected chi connectivity index (χ0v) is 6.21. The van der Waals surface area contributed by atoms with Crippen molar-refractivity contribution in [2.75, 3.05) is 0 Å². The van der Waals surface area contributed by atoms with Crippen LogP contribution in [0.2, 0.25) is 0 Å². The smallest absolute Gasteiger partial charge is 0.224 e. The van der Waals surface area contributed by atoms with Crippen molar-refractivity contribution in [2.45, 2.75) is 19.8 Å². The first kappa shape index (κ1) is 7.32. The summed E-state index contributed by atoms with van der Waals surface area (Å²) in [6.45, 7) is 2.07. The second kappa shape index (κ2) is 2.86. The molecule has 1 aliphatic rings. The third kappa shape index (κ3) is 1.38. The first-order chi connectivity index (χ1) is 4.72. The Bertz CT molecular complexity index is 163. The lowest BCUT2D eigenvalue weighted by Gasteiger charge is -2.20. The van der Waals surface area contributed by atoms with Crippen molar-refractivity contribution in [1.82, 2.24) is 0 Å². The molecule has 0 spiro atoms. The summed E-state index contributed by atoms with van der Waals surface area (Å²) in [5, 5.41) is 0. The highest BCUT2D eigenvalue weighted by molar-refractivity contribution is 5.78. The van der Waals surface area contributed by atoms with Gasteiger partial charge >= 0.3 is 0 Å². The monoisotopic (exact) mass is 139 g/mol. The molecular formula is C8H13NO. The predicted octanol–water partition coefficient (Wildman–Crippen LogP) is 1.07. The van der Waals surface area contributed by atoms with Gasteiger partial charge in [-0.25, -0.2) is 0 Å². The molecule has 2 nitrogen and oxygen atoms in total. The number of hydrogen-bond acceptors (Lipinski definition) is 1. The van der Waals surface area contributed by atoms with Crippen LogP contribution in [0.3, 0.4) is 0 Å².